The average Bonchev–Trinajstić information content (AvgIpc) is 2.60. The molecule has 2 rings (SSSR count). The summed E-state index contributed by atoms with van der Waals surface area (Å²) >= 11 is 9.35. The monoisotopic (exact) mass is 595 g/mol. The van der Waals surface area contributed by atoms with Gasteiger partial charge < -0.3 is 0 Å². The molecule has 0 saturated carbocycles. The van der Waals surface area contributed by atoms with Gasteiger partial charge in [-0.25, -0.2) is 0 Å². The van der Waals surface area contributed by atoms with Crippen molar-refractivity contribution in [3.05, 3.63) is 78.0 Å². The summed E-state index contributed by atoms with van der Waals surface area (Å²) in [6, 6.07) is 6.78. The second-order valence-corrected chi connectivity index (χ2v) is 7.40. The topological polar surface area (TPSA) is 48.8 Å². The smallest absolute Gasteiger partial charge is 0.166 e. The first-order valence-corrected chi connectivity index (χ1v) is 9.89. The molecule has 0 spiro atoms. The summed E-state index contributed by atoms with van der Waals surface area (Å²) < 4.78 is 74.7. The molecule has 0 saturated heterocycles. The van der Waals surface area contributed by atoms with Gasteiger partial charge in [-0.15, -0.1) is 0 Å². The summed E-state index contributed by atoms with van der Waals surface area (Å²) in [5.74, 6) is 0. The maximum atomic E-state index is 12.3. The number of alkyl halides is 7. The van der Waals surface area contributed by atoms with E-state index in [0.29, 0.717) is 25.4 Å². The normalized spacial score (nSPS) is 11.3. The summed E-state index contributed by atoms with van der Waals surface area (Å²) in [7, 11) is 0. The van der Waals surface area contributed by atoms with Crippen LogP contribution in [0.2, 0.25) is 0 Å². The molecule has 0 aliphatic carbocycles. The first kappa shape index (κ1) is 24.8. The van der Waals surface area contributed by atoms with Gasteiger partial charge >= 0.3 is 12.4 Å². The first-order valence-electron chi connectivity index (χ1n) is 7.18. The van der Waals surface area contributed by atoms with Gasteiger partial charge in [0.05, 0.1) is 17.7 Å². The van der Waals surface area contributed by atoms with Gasteiger partial charge in [-0.3, -0.25) is 0 Å². The highest BCUT2D eigenvalue weighted by Crippen LogP contribution is 2.33. The molecule has 0 amide bonds. The lowest BCUT2D eigenvalue weighted by atomic mass is 10.1. The zero-order chi connectivity index (χ0) is 21.5. The number of azide groups is 1. The standard InChI is InChI=1S/C8H5Br2F3.C8H5BrF3N3/c9-4-5-3-6(8(11,12)13)1-2-7(5)10;9-7-2-1-6(8(10,11)12)3-5(7)4-14-15-13/h1-3H,4H2;1-3H,4H2. The van der Waals surface area contributed by atoms with Gasteiger partial charge in [0.2, 0.25) is 0 Å². The number of hydrogen-bond donors (Lipinski definition) is 0. The number of rotatable bonds is 3. The molecule has 12 heteroatoms. The van der Waals surface area contributed by atoms with Crippen LogP contribution in [0, 0.1) is 0 Å². The van der Waals surface area contributed by atoms with Crippen molar-refractivity contribution in [2.75, 3.05) is 0 Å². The highest BCUT2D eigenvalue weighted by molar-refractivity contribution is 9.11. The molecule has 0 fully saturated rings. The van der Waals surface area contributed by atoms with Crippen LogP contribution in [0.1, 0.15) is 22.3 Å². The Kier molecular flexibility index (Phi) is 9.32. The van der Waals surface area contributed by atoms with E-state index in [1.54, 1.807) is 0 Å². The molecule has 0 atom stereocenters. The quantitative estimate of drug-likeness (QED) is 0.112. The lowest BCUT2D eigenvalue weighted by Gasteiger charge is -2.08. The molecule has 0 unspecified atom stereocenters. The predicted octanol–water partition coefficient (Wildman–Crippen LogP) is 8.64. The number of halogens is 9. The highest BCUT2D eigenvalue weighted by atomic mass is 79.9. The van der Waals surface area contributed by atoms with Crippen LogP contribution >= 0.6 is 47.8 Å². The average molecular weight is 598 g/mol. The molecule has 0 radical (unpaired) electrons. The zero-order valence-corrected chi connectivity index (χ0v) is 18.4. The molecule has 152 valence electrons. The van der Waals surface area contributed by atoms with Crippen molar-refractivity contribution >= 4 is 47.8 Å². The second kappa shape index (κ2) is 10.5. The Hall–Kier alpha value is -1.23. The SMILES string of the molecule is FC(F)(F)c1ccc(Br)c(CBr)c1.[N-]=[N+]=NCc1cc(C(F)(F)F)ccc1Br. The molecule has 0 N–H and O–H groups in total. The Labute approximate surface area is 181 Å². The van der Waals surface area contributed by atoms with Crippen molar-refractivity contribution < 1.29 is 26.3 Å². The Morgan fingerprint density at radius 3 is 1.64 bits per heavy atom. The molecule has 0 aliphatic heterocycles. The molecule has 0 aromatic heterocycles. The number of hydrogen-bond acceptors (Lipinski definition) is 1. The summed E-state index contributed by atoms with van der Waals surface area (Å²) in [6.07, 6.45) is -8.65. The van der Waals surface area contributed by atoms with E-state index in [0.717, 1.165) is 24.3 Å². The van der Waals surface area contributed by atoms with E-state index in [-0.39, 0.29) is 6.54 Å². The molecule has 2 aromatic carbocycles. The van der Waals surface area contributed by atoms with E-state index in [9.17, 15) is 26.3 Å². The molecule has 0 aliphatic rings. The Balaban J connectivity index is 0.000000283. The molecule has 28 heavy (non-hydrogen) atoms. The van der Waals surface area contributed by atoms with E-state index in [4.69, 9.17) is 5.53 Å². The molecular weight excluding hydrogens is 588 g/mol. The van der Waals surface area contributed by atoms with Gasteiger partial charge in [0, 0.05) is 19.2 Å². The van der Waals surface area contributed by atoms with Crippen molar-refractivity contribution in [2.45, 2.75) is 24.2 Å². The minimum atomic E-state index is -4.38. The Morgan fingerprint density at radius 1 is 0.821 bits per heavy atom. The largest absolute Gasteiger partial charge is 0.416 e. The van der Waals surface area contributed by atoms with Gasteiger partial charge in [-0.05, 0) is 53.1 Å². The number of benzene rings is 2. The van der Waals surface area contributed by atoms with E-state index in [1.807, 2.05) is 0 Å². The van der Waals surface area contributed by atoms with Crippen molar-refractivity contribution in [1.29, 1.82) is 0 Å². The summed E-state index contributed by atoms with van der Waals surface area (Å²) in [5.41, 5.74) is 7.59. The fourth-order valence-corrected chi connectivity index (χ4v) is 3.43. The van der Waals surface area contributed by atoms with E-state index in [2.05, 4.69) is 57.8 Å². The van der Waals surface area contributed by atoms with E-state index in [1.165, 1.54) is 12.1 Å². The predicted molar refractivity (Wildman–Crippen MR) is 104 cm³/mol. The van der Waals surface area contributed by atoms with Crippen LogP contribution < -0.4 is 0 Å². The lowest BCUT2D eigenvalue weighted by molar-refractivity contribution is -0.138. The van der Waals surface area contributed by atoms with Crippen molar-refractivity contribution in [2.24, 2.45) is 5.11 Å². The van der Waals surface area contributed by atoms with Crippen LogP contribution in [0.4, 0.5) is 26.3 Å². The maximum Gasteiger partial charge on any atom is 0.416 e. The van der Waals surface area contributed by atoms with Gasteiger partial charge in [0.1, 0.15) is 0 Å². The molecule has 0 heterocycles. The number of nitrogens with zero attached hydrogens (tertiary/aromatic N) is 3. The maximum absolute atomic E-state index is 12.3. The molecule has 2 aromatic rings. The van der Waals surface area contributed by atoms with Crippen molar-refractivity contribution in [3.8, 4) is 0 Å². The van der Waals surface area contributed by atoms with Gasteiger partial charge in [0.25, 0.3) is 0 Å². The highest BCUT2D eigenvalue weighted by Gasteiger charge is 2.31. The Morgan fingerprint density at radius 2 is 1.25 bits per heavy atom. The van der Waals surface area contributed by atoms with Crippen LogP contribution in [0.15, 0.2) is 50.5 Å². The van der Waals surface area contributed by atoms with E-state index >= 15 is 0 Å². The van der Waals surface area contributed by atoms with Crippen LogP contribution in [-0.2, 0) is 24.2 Å². The van der Waals surface area contributed by atoms with Gasteiger partial charge in [0.15, 0.2) is 0 Å². The van der Waals surface area contributed by atoms with Gasteiger partial charge in [-0.1, -0.05) is 52.9 Å². The first-order chi connectivity index (χ1) is 12.9. The summed E-state index contributed by atoms with van der Waals surface area (Å²) in [4.78, 5) is 2.49. The molecule has 0 bridgehead atoms. The van der Waals surface area contributed by atoms with Crippen LogP contribution in [0.5, 0.6) is 0 Å². The third-order valence-electron chi connectivity index (χ3n) is 3.19. The molecular formula is C16H10Br3F6N3. The molecule has 3 nitrogen and oxygen atoms in total. The lowest BCUT2D eigenvalue weighted by Crippen LogP contribution is -2.05. The minimum absolute atomic E-state index is 0.110. The summed E-state index contributed by atoms with van der Waals surface area (Å²) in [5, 5.41) is 3.61. The van der Waals surface area contributed by atoms with Crippen LogP contribution in [-0.4, -0.2) is 0 Å². The van der Waals surface area contributed by atoms with E-state index < -0.39 is 23.5 Å². The minimum Gasteiger partial charge on any atom is -0.166 e. The fraction of sp³-hybridized carbons (Fsp3) is 0.250. The fourth-order valence-electron chi connectivity index (χ4n) is 1.83. The Bertz CT molecular complexity index is 862. The third kappa shape index (κ3) is 7.65. The third-order valence-corrected chi connectivity index (χ3v) is 5.35. The second-order valence-electron chi connectivity index (χ2n) is 5.13. The van der Waals surface area contributed by atoms with Gasteiger partial charge in [-0.2, -0.15) is 26.3 Å². The summed E-state index contributed by atoms with van der Waals surface area (Å²) in [6.45, 7) is -0.110. The van der Waals surface area contributed by atoms with Crippen molar-refractivity contribution in [1.82, 2.24) is 0 Å². The van der Waals surface area contributed by atoms with Crippen LogP contribution in [0.3, 0.4) is 0 Å². The zero-order valence-electron chi connectivity index (χ0n) is 13.6. The van der Waals surface area contributed by atoms with Crippen LogP contribution in [0.25, 0.3) is 10.4 Å². The van der Waals surface area contributed by atoms with Crippen molar-refractivity contribution in [3.63, 3.8) is 0 Å².